The van der Waals surface area contributed by atoms with Gasteiger partial charge in [-0.3, -0.25) is 4.79 Å². The molecule has 0 aliphatic heterocycles. The van der Waals surface area contributed by atoms with Crippen molar-refractivity contribution < 1.29 is 4.79 Å². The summed E-state index contributed by atoms with van der Waals surface area (Å²) in [5.41, 5.74) is 1.55. The van der Waals surface area contributed by atoms with Crippen LogP contribution in [0.4, 0.5) is 5.82 Å². The number of hydrogen-bond acceptors (Lipinski definition) is 3. The fourth-order valence-electron chi connectivity index (χ4n) is 2.89. The molecule has 110 valence electrons. The van der Waals surface area contributed by atoms with E-state index in [9.17, 15) is 4.79 Å². The summed E-state index contributed by atoms with van der Waals surface area (Å²) >= 11 is 0. The van der Waals surface area contributed by atoms with Crippen LogP contribution in [-0.4, -0.2) is 24.0 Å². The quantitative estimate of drug-likeness (QED) is 0.833. The minimum Gasteiger partial charge on any atom is -0.373 e. The van der Waals surface area contributed by atoms with E-state index in [0.29, 0.717) is 17.5 Å². The summed E-state index contributed by atoms with van der Waals surface area (Å²) in [5, 5.41) is 6.20. The highest BCUT2D eigenvalue weighted by atomic mass is 16.1. The van der Waals surface area contributed by atoms with Crippen LogP contribution in [-0.2, 0) is 0 Å². The van der Waals surface area contributed by atoms with E-state index in [-0.39, 0.29) is 5.91 Å². The highest BCUT2D eigenvalue weighted by molar-refractivity contribution is 5.95. The number of pyridine rings is 1. The molecule has 1 aromatic heterocycles. The van der Waals surface area contributed by atoms with Crippen LogP contribution in [0.3, 0.4) is 0 Å². The Bertz CT molecular complexity index is 473. The molecule has 0 spiro atoms. The van der Waals surface area contributed by atoms with Gasteiger partial charge in [0.15, 0.2) is 0 Å². The maximum atomic E-state index is 12.4. The fraction of sp³-hybridized carbons (Fsp3) is 0.625. The molecule has 2 rings (SSSR count). The lowest BCUT2D eigenvalue weighted by Gasteiger charge is -2.23. The highest BCUT2D eigenvalue weighted by Crippen LogP contribution is 2.23. The Morgan fingerprint density at radius 2 is 2.00 bits per heavy atom. The van der Waals surface area contributed by atoms with Gasteiger partial charge in [0.1, 0.15) is 5.82 Å². The molecule has 0 saturated heterocycles. The molecule has 20 heavy (non-hydrogen) atoms. The number of nitrogens with one attached hydrogen (secondary N) is 2. The minimum atomic E-state index is 0.0192. The average Bonchev–Trinajstić information content (AvgIpc) is 2.63. The molecule has 1 amide bonds. The van der Waals surface area contributed by atoms with Crippen molar-refractivity contribution in [3.63, 3.8) is 0 Å². The molecule has 0 bridgehead atoms. The van der Waals surface area contributed by atoms with Gasteiger partial charge in [-0.15, -0.1) is 0 Å². The number of anilines is 1. The SMILES string of the molecule is CNc1cc(C(=O)NC2CCCCCC2C)cc(C)n1. The Morgan fingerprint density at radius 3 is 2.75 bits per heavy atom. The zero-order valence-electron chi connectivity index (χ0n) is 12.7. The molecular weight excluding hydrogens is 250 g/mol. The highest BCUT2D eigenvalue weighted by Gasteiger charge is 2.22. The summed E-state index contributed by atoms with van der Waals surface area (Å²) in [6.07, 6.45) is 6.09. The Hall–Kier alpha value is -1.58. The second-order valence-electron chi connectivity index (χ2n) is 5.83. The van der Waals surface area contributed by atoms with Crippen molar-refractivity contribution in [2.45, 2.75) is 52.0 Å². The van der Waals surface area contributed by atoms with Gasteiger partial charge in [0.05, 0.1) is 0 Å². The number of nitrogens with zero attached hydrogens (tertiary/aromatic N) is 1. The molecule has 0 radical (unpaired) electrons. The topological polar surface area (TPSA) is 54.0 Å². The number of aromatic nitrogens is 1. The van der Waals surface area contributed by atoms with Gasteiger partial charge in [0.25, 0.3) is 5.91 Å². The molecule has 1 aliphatic rings. The third-order valence-electron chi connectivity index (χ3n) is 4.15. The van der Waals surface area contributed by atoms with Crippen LogP contribution in [0.15, 0.2) is 12.1 Å². The lowest BCUT2D eigenvalue weighted by atomic mass is 9.96. The number of carbonyl (C=O) groups excluding carboxylic acids is 1. The molecule has 2 unspecified atom stereocenters. The number of amides is 1. The van der Waals surface area contributed by atoms with Crippen LogP contribution in [0.1, 0.15) is 55.1 Å². The monoisotopic (exact) mass is 275 g/mol. The summed E-state index contributed by atoms with van der Waals surface area (Å²) < 4.78 is 0. The lowest BCUT2D eigenvalue weighted by molar-refractivity contribution is 0.0921. The van der Waals surface area contributed by atoms with E-state index in [0.717, 1.165) is 17.9 Å². The first kappa shape index (κ1) is 14.8. The second kappa shape index (κ2) is 6.73. The van der Waals surface area contributed by atoms with Crippen molar-refractivity contribution in [1.82, 2.24) is 10.3 Å². The zero-order chi connectivity index (χ0) is 14.5. The molecule has 2 atom stereocenters. The summed E-state index contributed by atoms with van der Waals surface area (Å²) in [6.45, 7) is 4.15. The molecule has 4 nitrogen and oxygen atoms in total. The van der Waals surface area contributed by atoms with Crippen molar-refractivity contribution in [3.8, 4) is 0 Å². The lowest BCUT2D eigenvalue weighted by Crippen LogP contribution is -2.38. The van der Waals surface area contributed by atoms with Gasteiger partial charge in [0.2, 0.25) is 0 Å². The maximum absolute atomic E-state index is 12.4. The van der Waals surface area contributed by atoms with E-state index >= 15 is 0 Å². The van der Waals surface area contributed by atoms with Crippen LogP contribution >= 0.6 is 0 Å². The van der Waals surface area contributed by atoms with Gasteiger partial charge in [-0.2, -0.15) is 0 Å². The molecule has 1 aromatic rings. The van der Waals surface area contributed by atoms with Crippen LogP contribution in [0.2, 0.25) is 0 Å². The Morgan fingerprint density at radius 1 is 1.25 bits per heavy atom. The Balaban J connectivity index is 2.09. The molecular formula is C16H25N3O. The van der Waals surface area contributed by atoms with Crippen molar-refractivity contribution in [3.05, 3.63) is 23.4 Å². The van der Waals surface area contributed by atoms with E-state index in [1.807, 2.05) is 26.1 Å². The van der Waals surface area contributed by atoms with E-state index in [1.54, 1.807) is 0 Å². The van der Waals surface area contributed by atoms with Gasteiger partial charge in [0, 0.05) is 24.3 Å². The van der Waals surface area contributed by atoms with Gasteiger partial charge in [-0.25, -0.2) is 4.98 Å². The van der Waals surface area contributed by atoms with E-state index < -0.39 is 0 Å². The molecule has 1 saturated carbocycles. The van der Waals surface area contributed by atoms with Gasteiger partial charge in [-0.1, -0.05) is 26.2 Å². The first-order valence-corrected chi connectivity index (χ1v) is 7.57. The first-order valence-electron chi connectivity index (χ1n) is 7.57. The molecule has 0 aromatic carbocycles. The maximum Gasteiger partial charge on any atom is 0.251 e. The van der Waals surface area contributed by atoms with Crippen LogP contribution < -0.4 is 10.6 Å². The molecule has 1 heterocycles. The number of rotatable bonds is 3. The van der Waals surface area contributed by atoms with Crippen LogP contribution in [0.5, 0.6) is 0 Å². The van der Waals surface area contributed by atoms with Crippen molar-refractivity contribution in [1.29, 1.82) is 0 Å². The van der Waals surface area contributed by atoms with Crippen LogP contribution in [0.25, 0.3) is 0 Å². The van der Waals surface area contributed by atoms with Gasteiger partial charge >= 0.3 is 0 Å². The third kappa shape index (κ3) is 3.71. The molecule has 1 fully saturated rings. The fourth-order valence-corrected chi connectivity index (χ4v) is 2.89. The summed E-state index contributed by atoms with van der Waals surface area (Å²) in [4.78, 5) is 16.7. The smallest absolute Gasteiger partial charge is 0.251 e. The normalized spacial score (nSPS) is 22.9. The largest absolute Gasteiger partial charge is 0.373 e. The van der Waals surface area contributed by atoms with Crippen molar-refractivity contribution >= 4 is 11.7 Å². The zero-order valence-corrected chi connectivity index (χ0v) is 12.7. The summed E-state index contributed by atoms with van der Waals surface area (Å²) in [6, 6.07) is 3.96. The molecule has 1 aliphatic carbocycles. The summed E-state index contributed by atoms with van der Waals surface area (Å²) in [5.74, 6) is 1.32. The Kier molecular flexibility index (Phi) is 4.99. The first-order chi connectivity index (χ1) is 9.60. The van der Waals surface area contributed by atoms with Gasteiger partial charge in [-0.05, 0) is 37.8 Å². The van der Waals surface area contributed by atoms with Crippen LogP contribution in [0, 0.1) is 12.8 Å². The number of carbonyl (C=O) groups is 1. The second-order valence-corrected chi connectivity index (χ2v) is 5.83. The Labute approximate surface area is 121 Å². The number of hydrogen-bond donors (Lipinski definition) is 2. The van der Waals surface area contributed by atoms with Crippen molar-refractivity contribution in [2.24, 2.45) is 5.92 Å². The molecule has 4 heteroatoms. The minimum absolute atomic E-state index is 0.0192. The predicted octanol–water partition coefficient (Wildman–Crippen LogP) is 3.13. The summed E-state index contributed by atoms with van der Waals surface area (Å²) in [7, 11) is 1.82. The molecule has 2 N–H and O–H groups in total. The van der Waals surface area contributed by atoms with Gasteiger partial charge < -0.3 is 10.6 Å². The average molecular weight is 275 g/mol. The van der Waals surface area contributed by atoms with E-state index in [4.69, 9.17) is 0 Å². The standard InChI is InChI=1S/C16H25N3O/c1-11-7-5-4-6-8-14(11)19-16(20)13-9-12(2)18-15(10-13)17-3/h9-11,14H,4-8H2,1-3H3,(H,17,18)(H,19,20). The number of aryl methyl sites for hydroxylation is 1. The third-order valence-corrected chi connectivity index (χ3v) is 4.15. The van der Waals surface area contributed by atoms with E-state index in [2.05, 4.69) is 22.5 Å². The van der Waals surface area contributed by atoms with Crippen molar-refractivity contribution in [2.75, 3.05) is 12.4 Å². The predicted molar refractivity (Wildman–Crippen MR) is 82.0 cm³/mol. The van der Waals surface area contributed by atoms with E-state index in [1.165, 1.54) is 25.7 Å².